The Morgan fingerprint density at radius 1 is 0.765 bits per heavy atom. The van der Waals surface area contributed by atoms with Crippen LogP contribution in [0.2, 0.25) is 0 Å². The average Bonchev–Trinajstić information content (AvgIpc) is 0.843. The summed E-state index contributed by atoms with van der Waals surface area (Å²) in [5, 5.41) is 50.3. The van der Waals surface area contributed by atoms with Crippen LogP contribution in [-0.2, 0) is 38.1 Å². The third-order valence-electron chi connectivity index (χ3n) is 16.2. The number of nitro groups is 2. The molecule has 3 aliphatic carbocycles. The molecule has 0 spiro atoms. The highest BCUT2D eigenvalue weighted by Crippen LogP contribution is 2.65. The SMILES string of the molecule is C.CC(=O)O[C@@]12CO[C@@H]1C[C@H](O)[C@@]1(C)C(=O)C(C)C3=C(C)[C@@H](OC(=O)[C@H](OC(=O)Oc4ccc([N+](=O)[O-])cc4)[C@@H](NC(=O)c4ccccc4)c4ccccc4)C[C@@](O)([C@@H](OC(=O)c4ccccc4)C12)C3(C)C.O=C(Cl)Oc1ccc([N+](=O)[O-])cc1. The van der Waals surface area contributed by atoms with E-state index in [9.17, 15) is 54.4 Å². The number of fused-ring (bicyclic) bond motifs is 5. The van der Waals surface area contributed by atoms with Crippen molar-refractivity contribution in [3.8, 4) is 11.5 Å². The summed E-state index contributed by atoms with van der Waals surface area (Å²) in [5.41, 5.74) is -7.58. The van der Waals surface area contributed by atoms with Crippen molar-refractivity contribution in [3.05, 3.63) is 188 Å². The summed E-state index contributed by atoms with van der Waals surface area (Å²) in [4.78, 5) is 116. The minimum absolute atomic E-state index is 0. The van der Waals surface area contributed by atoms with Crippen molar-refractivity contribution in [1.29, 1.82) is 0 Å². The molecule has 1 aliphatic heterocycles. The number of nitrogens with one attached hydrogen (secondary N) is 1. The van der Waals surface area contributed by atoms with Gasteiger partial charge < -0.3 is 48.7 Å². The first-order chi connectivity index (χ1) is 39.7. The summed E-state index contributed by atoms with van der Waals surface area (Å²) >= 11 is 4.92. The number of hydrogen-bond acceptors (Lipinski definition) is 20. The molecule has 0 radical (unpaired) electrons. The number of Topliss-reactive ketones (excluding diaryl/α,β-unsaturated/α-hetero) is 1. The number of benzene rings is 5. The molecule has 2 unspecified atom stereocenters. The van der Waals surface area contributed by atoms with Gasteiger partial charge in [-0.25, -0.2) is 19.2 Å². The number of carbonyl (C=O) groups is 7. The molecule has 9 rings (SSSR count). The number of amides is 1. The van der Waals surface area contributed by atoms with E-state index in [1.54, 1.807) is 94.4 Å². The predicted octanol–water partition coefficient (Wildman–Crippen LogP) is 9.54. The van der Waals surface area contributed by atoms with Gasteiger partial charge in [-0.2, -0.15) is 0 Å². The molecule has 3 fully saturated rings. The third kappa shape index (κ3) is 12.7. The number of hydrogen-bond donors (Lipinski definition) is 3. The number of aliphatic hydroxyl groups excluding tert-OH is 1. The summed E-state index contributed by atoms with van der Waals surface area (Å²) in [7, 11) is 0. The lowest BCUT2D eigenvalue weighted by molar-refractivity contribution is -0.385. The standard InChI is InChI=1S/C53H54N2O16.C7H4ClNO4.CH4/c1-29-37(68-48(61)42(69-49(62)67-36-24-22-35(23-25-36)55(64)65)41(32-16-10-7-11-17-32)54-46(59)33-18-12-8-13-19-33)27-53(63)45(70-47(60)34-20-14-9-15-21-34)43-51(6,44(58)30(2)40(29)50(53,4)5)38(57)26-39-52(43,28-66-39)71-31(3)56;8-7(10)13-6-3-1-5(2-4-6)9(11)12;/h7-25,30,37-39,41-43,45,57,63H,26-28H2,1-6H3,(H,54,59);1-4H;1H4/t30?,37-,38-,39+,41-,42+,43?,45-,51+,52-,53+;;/m0../s1. The van der Waals surface area contributed by atoms with Crippen molar-refractivity contribution >= 4 is 64.2 Å². The molecule has 2 bridgehead atoms. The molecule has 11 atom stereocenters. The zero-order valence-electron chi connectivity index (χ0n) is 46.0. The number of ether oxygens (including phenoxy) is 7. The number of ketones is 1. The molecule has 85 heavy (non-hydrogen) atoms. The lowest BCUT2D eigenvalue weighted by Gasteiger charge is -2.67. The van der Waals surface area contributed by atoms with Gasteiger partial charge in [-0.1, -0.05) is 94.9 Å². The molecule has 2 saturated carbocycles. The number of aliphatic hydroxyl groups is 2. The topological polar surface area (TPSA) is 323 Å². The Morgan fingerprint density at radius 2 is 1.28 bits per heavy atom. The summed E-state index contributed by atoms with van der Waals surface area (Å²) < 4.78 is 40.5. The lowest BCUT2D eigenvalue weighted by atomic mass is 9.43. The van der Waals surface area contributed by atoms with Gasteiger partial charge >= 0.3 is 29.5 Å². The van der Waals surface area contributed by atoms with Gasteiger partial charge in [-0.05, 0) is 79.1 Å². The first kappa shape index (κ1) is 63.7. The maximum atomic E-state index is 15.5. The smallest absolute Gasteiger partial charge is 0.455 e. The van der Waals surface area contributed by atoms with Gasteiger partial charge in [0, 0.05) is 72.5 Å². The summed E-state index contributed by atoms with van der Waals surface area (Å²) in [6.07, 6.45) is -9.87. The molecule has 5 aromatic carbocycles. The molecular formula is C61H62ClN3O20. The van der Waals surface area contributed by atoms with Crippen LogP contribution in [0, 0.1) is 42.9 Å². The van der Waals surface area contributed by atoms with E-state index in [0.717, 1.165) is 24.3 Å². The highest BCUT2D eigenvalue weighted by Gasteiger charge is 2.77. The van der Waals surface area contributed by atoms with E-state index < -0.39 is 128 Å². The molecular weight excluding hydrogens is 1130 g/mol. The maximum Gasteiger partial charge on any atom is 0.514 e. The second-order valence-corrected chi connectivity index (χ2v) is 21.7. The van der Waals surface area contributed by atoms with Crippen LogP contribution < -0.4 is 14.8 Å². The van der Waals surface area contributed by atoms with E-state index in [0.29, 0.717) is 11.1 Å². The Kier molecular flexibility index (Phi) is 19.1. The van der Waals surface area contributed by atoms with Gasteiger partial charge in [0.2, 0.25) is 6.10 Å². The number of nitrogens with zero attached hydrogens (tertiary/aromatic N) is 2. The molecule has 3 N–H and O–H groups in total. The molecule has 23 nitrogen and oxygen atoms in total. The van der Waals surface area contributed by atoms with Gasteiger partial charge in [0.25, 0.3) is 17.3 Å². The molecule has 1 amide bonds. The Labute approximate surface area is 492 Å². The van der Waals surface area contributed by atoms with E-state index in [1.165, 1.54) is 62.4 Å². The first-order valence-corrected chi connectivity index (χ1v) is 26.7. The second-order valence-electron chi connectivity index (χ2n) is 21.4. The first-order valence-electron chi connectivity index (χ1n) is 26.3. The van der Waals surface area contributed by atoms with E-state index >= 15 is 9.59 Å². The van der Waals surface area contributed by atoms with E-state index in [2.05, 4.69) is 10.1 Å². The van der Waals surface area contributed by atoms with Gasteiger partial charge in [0.1, 0.15) is 47.2 Å². The molecule has 0 aromatic heterocycles. The van der Waals surface area contributed by atoms with Crippen molar-refractivity contribution < 1.29 is 86.8 Å². The molecule has 5 aromatic rings. The summed E-state index contributed by atoms with van der Waals surface area (Å²) in [6, 6.07) is 32.0. The molecule has 1 heterocycles. The van der Waals surface area contributed by atoms with E-state index in [-0.39, 0.29) is 60.0 Å². The number of carbonyl (C=O) groups excluding carboxylic acids is 7. The normalized spacial score (nSPS) is 25.8. The number of rotatable bonds is 14. The highest BCUT2D eigenvalue weighted by atomic mass is 35.5. The monoisotopic (exact) mass is 1190 g/mol. The fourth-order valence-corrected chi connectivity index (χ4v) is 12.2. The van der Waals surface area contributed by atoms with Crippen LogP contribution in [0.4, 0.5) is 21.0 Å². The highest BCUT2D eigenvalue weighted by molar-refractivity contribution is 6.61. The van der Waals surface area contributed by atoms with Crippen LogP contribution >= 0.6 is 11.6 Å². The number of halogens is 1. The van der Waals surface area contributed by atoms with Gasteiger partial charge in [0.05, 0.1) is 39.5 Å². The van der Waals surface area contributed by atoms with Gasteiger partial charge in [-0.3, -0.25) is 34.6 Å². The second kappa shape index (κ2) is 25.5. The van der Waals surface area contributed by atoms with Crippen molar-refractivity contribution in [2.45, 2.75) is 110 Å². The molecule has 24 heteroatoms. The number of esters is 3. The van der Waals surface area contributed by atoms with Crippen LogP contribution in [0.25, 0.3) is 0 Å². The minimum Gasteiger partial charge on any atom is -0.455 e. The van der Waals surface area contributed by atoms with Crippen molar-refractivity contribution in [3.63, 3.8) is 0 Å². The zero-order chi connectivity index (χ0) is 61.1. The molecule has 1 saturated heterocycles. The van der Waals surface area contributed by atoms with Crippen molar-refractivity contribution in [2.24, 2.45) is 22.7 Å². The maximum absolute atomic E-state index is 15.5. The summed E-state index contributed by atoms with van der Waals surface area (Å²) in [5.74, 6) is -6.72. The number of nitro benzene ring substituents is 2. The van der Waals surface area contributed by atoms with Crippen LogP contribution in [-0.4, -0.2) is 110 Å². The number of non-ortho nitro benzene ring substituents is 2. The van der Waals surface area contributed by atoms with Crippen molar-refractivity contribution in [2.75, 3.05) is 6.61 Å². The van der Waals surface area contributed by atoms with Crippen molar-refractivity contribution in [1.82, 2.24) is 5.32 Å². The fourth-order valence-electron chi connectivity index (χ4n) is 12.1. The van der Waals surface area contributed by atoms with Crippen LogP contribution in [0.3, 0.4) is 0 Å². The average molecular weight is 1190 g/mol. The zero-order valence-corrected chi connectivity index (χ0v) is 46.8. The van der Waals surface area contributed by atoms with Crippen LogP contribution in [0.15, 0.2) is 151 Å². The predicted molar refractivity (Wildman–Crippen MR) is 301 cm³/mol. The van der Waals surface area contributed by atoms with Gasteiger partial charge in [0.15, 0.2) is 5.60 Å². The van der Waals surface area contributed by atoms with E-state index in [1.807, 2.05) is 0 Å². The Morgan fingerprint density at radius 3 is 1.78 bits per heavy atom. The Hall–Kier alpha value is -8.90. The minimum atomic E-state index is -2.33. The molecule has 4 aliphatic rings. The van der Waals surface area contributed by atoms with Crippen LogP contribution in [0.5, 0.6) is 11.5 Å². The third-order valence-corrected chi connectivity index (χ3v) is 16.3. The fraction of sp³-hybridized carbons (Fsp3) is 0.361. The quantitative estimate of drug-likeness (QED) is 0.0177. The van der Waals surface area contributed by atoms with Crippen LogP contribution in [0.1, 0.15) is 94.1 Å². The largest absolute Gasteiger partial charge is 0.514 e. The van der Waals surface area contributed by atoms with E-state index in [4.69, 9.17) is 40.0 Å². The Bertz CT molecular complexity index is 3380. The van der Waals surface area contributed by atoms with Gasteiger partial charge in [-0.15, -0.1) is 0 Å². The molecule has 448 valence electrons. The Balaban J connectivity index is 0.000000654. The lowest BCUT2D eigenvalue weighted by Crippen LogP contribution is -2.81. The summed E-state index contributed by atoms with van der Waals surface area (Å²) in [6.45, 7) is 8.96.